The highest BCUT2D eigenvalue weighted by Gasteiger charge is 2.13. The van der Waals surface area contributed by atoms with Crippen molar-refractivity contribution < 1.29 is 13.9 Å². The van der Waals surface area contributed by atoms with Crippen LogP contribution in [0.1, 0.15) is 15.9 Å². The van der Waals surface area contributed by atoms with Crippen LogP contribution in [0.15, 0.2) is 30.5 Å². The number of hydrogen-bond acceptors (Lipinski definition) is 6. The molecule has 1 aromatic heterocycles. The molecular formula is C14H11FN4O2. The summed E-state index contributed by atoms with van der Waals surface area (Å²) in [6.45, 7) is 0. The van der Waals surface area contributed by atoms with Gasteiger partial charge in [-0.3, -0.25) is 0 Å². The molecule has 0 radical (unpaired) electrons. The van der Waals surface area contributed by atoms with Gasteiger partial charge >= 0.3 is 5.97 Å². The summed E-state index contributed by atoms with van der Waals surface area (Å²) in [5.74, 6) is -1.02. The fourth-order valence-electron chi connectivity index (χ4n) is 1.70. The second-order valence-corrected chi connectivity index (χ2v) is 4.05. The van der Waals surface area contributed by atoms with Gasteiger partial charge in [0.1, 0.15) is 23.3 Å². The Balaban J connectivity index is 2.40. The minimum atomic E-state index is -0.647. The van der Waals surface area contributed by atoms with E-state index in [-0.39, 0.29) is 28.3 Å². The number of methoxy groups -OCH3 is 1. The minimum Gasteiger partial charge on any atom is -0.465 e. The van der Waals surface area contributed by atoms with Crippen LogP contribution in [-0.2, 0) is 4.74 Å². The number of esters is 1. The van der Waals surface area contributed by atoms with E-state index in [0.29, 0.717) is 0 Å². The van der Waals surface area contributed by atoms with Crippen molar-refractivity contribution in [2.24, 2.45) is 0 Å². The number of ether oxygens (including phenoxy) is 1. The number of nitrogen functional groups attached to an aromatic ring is 1. The summed E-state index contributed by atoms with van der Waals surface area (Å²) in [7, 11) is 1.23. The number of halogens is 1. The van der Waals surface area contributed by atoms with Crippen molar-refractivity contribution in [1.82, 2.24) is 4.98 Å². The molecule has 0 atom stereocenters. The summed E-state index contributed by atoms with van der Waals surface area (Å²) < 4.78 is 18.1. The Morgan fingerprint density at radius 1 is 1.52 bits per heavy atom. The zero-order valence-electron chi connectivity index (χ0n) is 11.1. The molecule has 0 saturated carbocycles. The first kappa shape index (κ1) is 14.3. The fraction of sp³-hybridized carbons (Fsp3) is 0.0714. The number of pyridine rings is 1. The third-order valence-electron chi connectivity index (χ3n) is 2.73. The third-order valence-corrected chi connectivity index (χ3v) is 2.73. The molecule has 0 aliphatic heterocycles. The van der Waals surface area contributed by atoms with Gasteiger partial charge in [-0.15, -0.1) is 0 Å². The van der Waals surface area contributed by atoms with Crippen LogP contribution in [0, 0.1) is 17.1 Å². The summed E-state index contributed by atoms with van der Waals surface area (Å²) in [5.41, 5.74) is 6.02. The molecule has 7 heteroatoms. The van der Waals surface area contributed by atoms with E-state index in [1.54, 1.807) is 6.07 Å². The zero-order valence-corrected chi connectivity index (χ0v) is 11.1. The summed E-state index contributed by atoms with van der Waals surface area (Å²) in [6, 6.07) is 7.29. The first-order chi connectivity index (χ1) is 10.1. The van der Waals surface area contributed by atoms with Crippen molar-refractivity contribution in [3.63, 3.8) is 0 Å². The molecule has 1 aromatic carbocycles. The maximum Gasteiger partial charge on any atom is 0.340 e. The van der Waals surface area contributed by atoms with Crippen molar-refractivity contribution >= 4 is 23.2 Å². The quantitative estimate of drug-likeness (QED) is 0.839. The molecule has 21 heavy (non-hydrogen) atoms. The van der Waals surface area contributed by atoms with Gasteiger partial charge in [-0.2, -0.15) is 5.26 Å². The second-order valence-electron chi connectivity index (χ2n) is 4.05. The van der Waals surface area contributed by atoms with Crippen LogP contribution in [0.4, 0.5) is 21.6 Å². The number of anilines is 3. The topological polar surface area (TPSA) is 101 Å². The predicted octanol–water partition coefficient (Wildman–Crippen LogP) is 2.20. The van der Waals surface area contributed by atoms with Crippen molar-refractivity contribution in [3.05, 3.63) is 47.4 Å². The van der Waals surface area contributed by atoms with E-state index >= 15 is 0 Å². The number of rotatable bonds is 3. The molecule has 106 valence electrons. The average molecular weight is 286 g/mol. The van der Waals surface area contributed by atoms with Gasteiger partial charge in [-0.25, -0.2) is 14.2 Å². The molecular weight excluding hydrogens is 275 g/mol. The summed E-state index contributed by atoms with van der Waals surface area (Å²) >= 11 is 0. The molecule has 0 bridgehead atoms. The molecule has 0 saturated heterocycles. The number of carbonyl (C=O) groups excluding carboxylic acids is 1. The van der Waals surface area contributed by atoms with Crippen molar-refractivity contribution in [3.8, 4) is 6.07 Å². The molecule has 2 aromatic rings. The Hall–Kier alpha value is -3.14. The van der Waals surface area contributed by atoms with Gasteiger partial charge in [-0.1, -0.05) is 6.07 Å². The summed E-state index contributed by atoms with van der Waals surface area (Å²) in [5, 5.41) is 11.7. The molecule has 6 nitrogen and oxygen atoms in total. The van der Waals surface area contributed by atoms with Crippen LogP contribution >= 0.6 is 0 Å². The van der Waals surface area contributed by atoms with Crippen molar-refractivity contribution in [1.29, 1.82) is 5.26 Å². The Morgan fingerprint density at radius 2 is 2.29 bits per heavy atom. The molecule has 3 N–H and O–H groups in total. The lowest BCUT2D eigenvalue weighted by atomic mass is 10.1. The summed E-state index contributed by atoms with van der Waals surface area (Å²) in [6.07, 6.45) is 1.28. The number of aromatic nitrogens is 1. The molecule has 0 spiro atoms. The smallest absolute Gasteiger partial charge is 0.340 e. The highest BCUT2D eigenvalue weighted by Crippen LogP contribution is 2.23. The van der Waals surface area contributed by atoms with E-state index < -0.39 is 11.8 Å². The highest BCUT2D eigenvalue weighted by atomic mass is 19.1. The van der Waals surface area contributed by atoms with Crippen molar-refractivity contribution in [2.75, 3.05) is 18.2 Å². The first-order valence-corrected chi connectivity index (χ1v) is 5.86. The molecule has 0 amide bonds. The first-order valence-electron chi connectivity index (χ1n) is 5.86. The molecule has 0 fully saturated rings. The maximum atomic E-state index is 13.5. The van der Waals surface area contributed by atoms with Gasteiger partial charge in [0.05, 0.1) is 30.2 Å². The van der Waals surface area contributed by atoms with Gasteiger partial charge < -0.3 is 15.8 Å². The van der Waals surface area contributed by atoms with Crippen LogP contribution in [0.2, 0.25) is 0 Å². The van der Waals surface area contributed by atoms with Crippen LogP contribution in [-0.4, -0.2) is 18.1 Å². The van der Waals surface area contributed by atoms with E-state index in [4.69, 9.17) is 11.0 Å². The molecule has 0 unspecified atom stereocenters. The van der Waals surface area contributed by atoms with Gasteiger partial charge in [0.2, 0.25) is 0 Å². The van der Waals surface area contributed by atoms with Gasteiger partial charge in [0.25, 0.3) is 0 Å². The Morgan fingerprint density at radius 3 is 2.95 bits per heavy atom. The Labute approximate surface area is 120 Å². The van der Waals surface area contributed by atoms with E-state index in [1.807, 2.05) is 0 Å². The molecule has 0 aliphatic carbocycles. The lowest BCUT2D eigenvalue weighted by Crippen LogP contribution is -2.08. The number of hydrogen-bond donors (Lipinski definition) is 2. The SMILES string of the molecule is COC(=O)c1cc(Nc2cccc(F)c2C#N)ncc1N. The standard InChI is InChI=1S/C14H11FN4O2/c1-21-14(20)8-5-13(18-7-11(8)17)19-12-4-2-3-10(15)9(12)6-16/h2-5,7H,17H2,1H3,(H,18,19). The molecule has 1 heterocycles. The van der Waals surface area contributed by atoms with E-state index in [9.17, 15) is 9.18 Å². The van der Waals surface area contributed by atoms with Gasteiger partial charge in [0, 0.05) is 0 Å². The number of nitrogens with one attached hydrogen (secondary N) is 1. The van der Waals surface area contributed by atoms with E-state index in [1.165, 1.54) is 37.6 Å². The van der Waals surface area contributed by atoms with Gasteiger partial charge in [0.15, 0.2) is 0 Å². The predicted molar refractivity (Wildman–Crippen MR) is 74.4 cm³/mol. The van der Waals surface area contributed by atoms with Gasteiger partial charge in [-0.05, 0) is 18.2 Å². The minimum absolute atomic E-state index is 0.130. The number of carbonyl (C=O) groups is 1. The number of benzene rings is 1. The highest BCUT2D eigenvalue weighted by molar-refractivity contribution is 5.95. The van der Waals surface area contributed by atoms with Crippen LogP contribution in [0.3, 0.4) is 0 Å². The number of nitrogens with two attached hydrogens (primary N) is 1. The average Bonchev–Trinajstić information content (AvgIpc) is 2.48. The Kier molecular flexibility index (Phi) is 4.00. The van der Waals surface area contributed by atoms with E-state index in [2.05, 4.69) is 15.0 Å². The molecule has 0 aliphatic rings. The normalized spacial score (nSPS) is 9.76. The lowest BCUT2D eigenvalue weighted by Gasteiger charge is -2.10. The number of nitrogens with zero attached hydrogens (tertiary/aromatic N) is 2. The van der Waals surface area contributed by atoms with Crippen molar-refractivity contribution in [2.45, 2.75) is 0 Å². The van der Waals surface area contributed by atoms with Crippen LogP contribution in [0.25, 0.3) is 0 Å². The summed E-state index contributed by atoms with van der Waals surface area (Å²) in [4.78, 5) is 15.5. The zero-order chi connectivity index (χ0) is 15.4. The lowest BCUT2D eigenvalue weighted by molar-refractivity contribution is 0.0602. The number of nitriles is 1. The van der Waals surface area contributed by atoms with E-state index in [0.717, 1.165) is 0 Å². The molecule has 2 rings (SSSR count). The van der Waals surface area contributed by atoms with Crippen LogP contribution < -0.4 is 11.1 Å². The van der Waals surface area contributed by atoms with Crippen LogP contribution in [0.5, 0.6) is 0 Å². The largest absolute Gasteiger partial charge is 0.465 e. The maximum absolute atomic E-state index is 13.5. The second kappa shape index (κ2) is 5.88. The third kappa shape index (κ3) is 2.90. The Bertz CT molecular complexity index is 740. The fourth-order valence-corrected chi connectivity index (χ4v) is 1.70. The monoisotopic (exact) mass is 286 g/mol.